The van der Waals surface area contributed by atoms with Crippen molar-refractivity contribution in [3.05, 3.63) is 36.0 Å². The number of fused-ring (bicyclic) bond motifs is 1. The number of aryl methyl sites for hydroxylation is 1. The Kier molecular flexibility index (Phi) is 4.77. The minimum atomic E-state index is 0.285. The molecule has 0 aliphatic carbocycles. The van der Waals surface area contributed by atoms with Crippen molar-refractivity contribution in [3.63, 3.8) is 0 Å². The molecule has 5 heteroatoms. The highest BCUT2D eigenvalue weighted by Gasteiger charge is 2.36. The lowest BCUT2D eigenvalue weighted by atomic mass is 10.0. The van der Waals surface area contributed by atoms with Gasteiger partial charge in [0.25, 0.3) is 0 Å². The molecule has 0 unspecified atom stereocenters. The Morgan fingerprint density at radius 3 is 2.88 bits per heavy atom. The van der Waals surface area contributed by atoms with E-state index in [9.17, 15) is 4.79 Å². The molecule has 2 aliphatic rings. The third-order valence-corrected chi connectivity index (χ3v) is 5.72. The molecule has 5 nitrogen and oxygen atoms in total. The predicted octanol–water partition coefficient (Wildman–Crippen LogP) is 2.28. The van der Waals surface area contributed by atoms with E-state index >= 15 is 0 Å². The fourth-order valence-electron chi connectivity index (χ4n) is 4.28. The van der Waals surface area contributed by atoms with Crippen molar-refractivity contribution in [2.45, 2.75) is 25.8 Å². The number of ether oxygens (including phenoxy) is 1. The summed E-state index contributed by atoms with van der Waals surface area (Å²) in [6.45, 7) is 7.64. The zero-order chi connectivity index (χ0) is 17.2. The number of hydrogen-bond acceptors (Lipinski definition) is 3. The third kappa shape index (κ3) is 3.44. The standard InChI is InChI=1S/C20H27N3O2/c1-15-13-23(14-19(15)22-8-10-25-11-9-22)20(24)7-6-16-12-21-18-5-3-2-4-17(16)18/h2-5,12,15,19,21H,6-11,13-14H2,1H3/t15-,19-/m1/s1. The van der Waals surface area contributed by atoms with E-state index in [0.717, 1.165) is 51.3 Å². The van der Waals surface area contributed by atoms with Crippen LogP contribution in [0.3, 0.4) is 0 Å². The molecular weight excluding hydrogens is 314 g/mol. The largest absolute Gasteiger partial charge is 0.379 e. The third-order valence-electron chi connectivity index (χ3n) is 5.72. The summed E-state index contributed by atoms with van der Waals surface area (Å²) in [4.78, 5) is 20.6. The number of H-pyrrole nitrogens is 1. The van der Waals surface area contributed by atoms with Crippen LogP contribution >= 0.6 is 0 Å². The highest BCUT2D eigenvalue weighted by molar-refractivity contribution is 5.84. The number of carbonyl (C=O) groups excluding carboxylic acids is 1. The summed E-state index contributed by atoms with van der Waals surface area (Å²) in [6, 6.07) is 8.77. The van der Waals surface area contributed by atoms with Crippen molar-refractivity contribution in [1.82, 2.24) is 14.8 Å². The molecule has 1 aromatic heterocycles. The molecule has 2 aliphatic heterocycles. The van der Waals surface area contributed by atoms with Gasteiger partial charge in [-0.2, -0.15) is 0 Å². The molecule has 2 aromatic rings. The maximum Gasteiger partial charge on any atom is 0.222 e. The van der Waals surface area contributed by atoms with Crippen LogP contribution in [0.1, 0.15) is 18.9 Å². The molecule has 2 saturated heterocycles. The quantitative estimate of drug-likeness (QED) is 0.928. The van der Waals surface area contributed by atoms with Crippen LogP contribution in [0.25, 0.3) is 10.9 Å². The number of morpholine rings is 1. The van der Waals surface area contributed by atoms with Gasteiger partial charge in [0, 0.05) is 55.7 Å². The van der Waals surface area contributed by atoms with E-state index in [-0.39, 0.29) is 5.91 Å². The van der Waals surface area contributed by atoms with Gasteiger partial charge < -0.3 is 14.6 Å². The van der Waals surface area contributed by atoms with Crippen LogP contribution in [0.2, 0.25) is 0 Å². The lowest BCUT2D eigenvalue weighted by molar-refractivity contribution is -0.130. The Morgan fingerprint density at radius 1 is 1.24 bits per heavy atom. The fourth-order valence-corrected chi connectivity index (χ4v) is 4.28. The van der Waals surface area contributed by atoms with Crippen molar-refractivity contribution in [3.8, 4) is 0 Å². The van der Waals surface area contributed by atoms with Gasteiger partial charge in [0.2, 0.25) is 5.91 Å². The number of nitrogens with one attached hydrogen (secondary N) is 1. The van der Waals surface area contributed by atoms with Gasteiger partial charge in [-0.3, -0.25) is 9.69 Å². The summed E-state index contributed by atoms with van der Waals surface area (Å²) in [7, 11) is 0. The monoisotopic (exact) mass is 341 g/mol. The summed E-state index contributed by atoms with van der Waals surface area (Å²) < 4.78 is 5.46. The number of aromatic amines is 1. The first kappa shape index (κ1) is 16.6. The maximum absolute atomic E-state index is 12.7. The minimum absolute atomic E-state index is 0.285. The van der Waals surface area contributed by atoms with Gasteiger partial charge in [0.15, 0.2) is 0 Å². The number of hydrogen-bond donors (Lipinski definition) is 1. The van der Waals surface area contributed by atoms with Gasteiger partial charge in [-0.1, -0.05) is 25.1 Å². The molecule has 1 N–H and O–H groups in total. The van der Waals surface area contributed by atoms with Crippen molar-refractivity contribution >= 4 is 16.8 Å². The van der Waals surface area contributed by atoms with Crippen molar-refractivity contribution < 1.29 is 9.53 Å². The predicted molar refractivity (Wildman–Crippen MR) is 98.5 cm³/mol. The second-order valence-corrected chi connectivity index (χ2v) is 7.35. The minimum Gasteiger partial charge on any atom is -0.379 e. The van der Waals surface area contributed by atoms with Crippen LogP contribution in [-0.2, 0) is 16.0 Å². The van der Waals surface area contributed by atoms with E-state index in [0.29, 0.717) is 18.4 Å². The first-order valence-corrected chi connectivity index (χ1v) is 9.37. The van der Waals surface area contributed by atoms with Crippen LogP contribution in [-0.4, -0.2) is 66.1 Å². The number of amides is 1. The average Bonchev–Trinajstić information content (AvgIpc) is 3.24. The van der Waals surface area contributed by atoms with E-state index in [4.69, 9.17) is 4.74 Å². The average molecular weight is 341 g/mol. The number of rotatable bonds is 4. The molecule has 2 fully saturated rings. The Bertz CT molecular complexity index is 735. The van der Waals surface area contributed by atoms with E-state index in [1.165, 1.54) is 10.9 Å². The summed E-state index contributed by atoms with van der Waals surface area (Å²) in [5.74, 6) is 0.822. The van der Waals surface area contributed by atoms with Crippen LogP contribution < -0.4 is 0 Å². The topological polar surface area (TPSA) is 48.6 Å². The summed E-state index contributed by atoms with van der Waals surface area (Å²) in [5.41, 5.74) is 2.38. The van der Waals surface area contributed by atoms with Gasteiger partial charge in [0.1, 0.15) is 0 Å². The SMILES string of the molecule is C[C@@H]1CN(C(=O)CCc2c[nH]c3ccccc23)C[C@H]1N1CCOCC1. The number of nitrogens with zero attached hydrogens (tertiary/aromatic N) is 2. The van der Waals surface area contributed by atoms with Crippen molar-refractivity contribution in [1.29, 1.82) is 0 Å². The summed E-state index contributed by atoms with van der Waals surface area (Å²) >= 11 is 0. The van der Waals surface area contributed by atoms with Crippen LogP contribution in [0.15, 0.2) is 30.5 Å². The Balaban J connectivity index is 1.35. The van der Waals surface area contributed by atoms with E-state index in [1.807, 2.05) is 12.3 Å². The summed E-state index contributed by atoms with van der Waals surface area (Å²) in [5, 5.41) is 1.23. The first-order valence-electron chi connectivity index (χ1n) is 9.37. The molecule has 3 heterocycles. The number of para-hydroxylation sites is 1. The number of aromatic nitrogens is 1. The normalized spacial score (nSPS) is 24.9. The Labute approximate surface area is 148 Å². The van der Waals surface area contributed by atoms with Crippen LogP contribution in [0.5, 0.6) is 0 Å². The second-order valence-electron chi connectivity index (χ2n) is 7.35. The van der Waals surface area contributed by atoms with Crippen molar-refractivity contribution in [2.24, 2.45) is 5.92 Å². The van der Waals surface area contributed by atoms with Gasteiger partial charge in [-0.25, -0.2) is 0 Å². The van der Waals surface area contributed by atoms with Crippen molar-refractivity contribution in [2.75, 3.05) is 39.4 Å². The van der Waals surface area contributed by atoms with Gasteiger partial charge in [-0.15, -0.1) is 0 Å². The molecule has 0 saturated carbocycles. The summed E-state index contributed by atoms with van der Waals surface area (Å²) in [6.07, 6.45) is 3.43. The van der Waals surface area contributed by atoms with E-state index in [1.54, 1.807) is 0 Å². The zero-order valence-corrected chi connectivity index (χ0v) is 14.9. The zero-order valence-electron chi connectivity index (χ0n) is 14.9. The molecule has 0 spiro atoms. The van der Waals surface area contributed by atoms with Gasteiger partial charge in [-0.05, 0) is 24.0 Å². The molecular formula is C20H27N3O2. The Morgan fingerprint density at radius 2 is 2.04 bits per heavy atom. The van der Waals surface area contributed by atoms with E-state index < -0.39 is 0 Å². The number of benzene rings is 1. The van der Waals surface area contributed by atoms with E-state index in [2.05, 4.69) is 39.9 Å². The molecule has 0 bridgehead atoms. The molecule has 2 atom stereocenters. The fraction of sp³-hybridized carbons (Fsp3) is 0.550. The highest BCUT2D eigenvalue weighted by Crippen LogP contribution is 2.24. The van der Waals surface area contributed by atoms with Gasteiger partial charge >= 0.3 is 0 Å². The number of carbonyl (C=O) groups is 1. The molecule has 1 aromatic carbocycles. The first-order chi connectivity index (χ1) is 12.2. The maximum atomic E-state index is 12.7. The van der Waals surface area contributed by atoms with Crippen LogP contribution in [0.4, 0.5) is 0 Å². The second kappa shape index (κ2) is 7.18. The molecule has 25 heavy (non-hydrogen) atoms. The smallest absolute Gasteiger partial charge is 0.222 e. The molecule has 134 valence electrons. The highest BCUT2D eigenvalue weighted by atomic mass is 16.5. The van der Waals surface area contributed by atoms with Gasteiger partial charge in [0.05, 0.1) is 13.2 Å². The molecule has 0 radical (unpaired) electrons. The molecule has 4 rings (SSSR count). The molecule has 1 amide bonds. The lowest BCUT2D eigenvalue weighted by Crippen LogP contribution is -2.47. The number of likely N-dealkylation sites (tertiary alicyclic amines) is 1. The van der Waals surface area contributed by atoms with Crippen LogP contribution in [0, 0.1) is 5.92 Å². The Hall–Kier alpha value is -1.85. The lowest BCUT2D eigenvalue weighted by Gasteiger charge is -2.34.